The molecule has 1 amide bonds. The van der Waals surface area contributed by atoms with Crippen LogP contribution in [0.4, 0.5) is 13.2 Å². The predicted octanol–water partition coefficient (Wildman–Crippen LogP) is 1.21. The van der Waals surface area contributed by atoms with E-state index in [-0.39, 0.29) is 5.75 Å². The number of benzene rings is 1. The van der Waals surface area contributed by atoms with Crippen molar-refractivity contribution < 1.29 is 27.4 Å². The summed E-state index contributed by atoms with van der Waals surface area (Å²) in [6.45, 7) is -1.62. The minimum atomic E-state index is -4.45. The Balaban J connectivity index is 2.55. The van der Waals surface area contributed by atoms with Crippen molar-refractivity contribution in [2.75, 3.05) is 20.3 Å². The van der Waals surface area contributed by atoms with Crippen molar-refractivity contribution in [3.63, 3.8) is 0 Å². The first-order valence-corrected chi connectivity index (χ1v) is 5.69. The van der Waals surface area contributed by atoms with Crippen LogP contribution < -0.4 is 20.5 Å². The van der Waals surface area contributed by atoms with Crippen LogP contribution in [0, 0.1) is 0 Å². The second kappa shape index (κ2) is 6.99. The zero-order valence-corrected chi connectivity index (χ0v) is 10.8. The van der Waals surface area contributed by atoms with Crippen LogP contribution in [0.1, 0.15) is 5.56 Å². The molecule has 0 aliphatic rings. The average Bonchev–Trinajstić information content (AvgIpc) is 2.41. The Morgan fingerprint density at radius 2 is 2.05 bits per heavy atom. The third kappa shape index (κ3) is 5.35. The number of rotatable bonds is 6. The Kier molecular flexibility index (Phi) is 5.63. The lowest BCUT2D eigenvalue weighted by Gasteiger charge is -2.12. The molecule has 20 heavy (non-hydrogen) atoms. The molecule has 0 radical (unpaired) electrons. The number of ether oxygens (including phenoxy) is 2. The summed E-state index contributed by atoms with van der Waals surface area (Å²) in [5, 5.41) is 1.70. The van der Waals surface area contributed by atoms with Crippen molar-refractivity contribution in [3.8, 4) is 11.5 Å². The van der Waals surface area contributed by atoms with Crippen LogP contribution in [-0.2, 0) is 11.3 Å². The van der Waals surface area contributed by atoms with Gasteiger partial charge in [-0.2, -0.15) is 13.2 Å². The van der Waals surface area contributed by atoms with Gasteiger partial charge in [-0.1, -0.05) is 6.07 Å². The summed E-state index contributed by atoms with van der Waals surface area (Å²) >= 11 is 0. The van der Waals surface area contributed by atoms with E-state index < -0.39 is 25.2 Å². The number of hydrogen-bond acceptors (Lipinski definition) is 4. The summed E-state index contributed by atoms with van der Waals surface area (Å²) < 4.78 is 45.8. The number of methoxy groups -OCH3 is 1. The topological polar surface area (TPSA) is 73.6 Å². The van der Waals surface area contributed by atoms with Crippen molar-refractivity contribution in [2.24, 2.45) is 5.73 Å². The van der Waals surface area contributed by atoms with Gasteiger partial charge in [-0.3, -0.25) is 4.79 Å². The first-order chi connectivity index (χ1) is 9.35. The minimum Gasteiger partial charge on any atom is -0.493 e. The van der Waals surface area contributed by atoms with Gasteiger partial charge in [0.25, 0.3) is 5.91 Å². The van der Waals surface area contributed by atoms with Gasteiger partial charge in [0.05, 0.1) is 7.11 Å². The number of carbonyl (C=O) groups excluding carboxylic acids is 1. The van der Waals surface area contributed by atoms with Crippen molar-refractivity contribution in [1.29, 1.82) is 0 Å². The van der Waals surface area contributed by atoms with Crippen LogP contribution in [0.3, 0.4) is 0 Å². The third-order valence-corrected chi connectivity index (χ3v) is 2.31. The monoisotopic (exact) mass is 292 g/mol. The molecule has 1 aromatic carbocycles. The van der Waals surface area contributed by atoms with Crippen molar-refractivity contribution in [3.05, 3.63) is 23.8 Å². The molecule has 5 nitrogen and oxygen atoms in total. The maximum atomic E-state index is 11.9. The van der Waals surface area contributed by atoms with Crippen molar-refractivity contribution in [1.82, 2.24) is 5.32 Å². The van der Waals surface area contributed by atoms with E-state index >= 15 is 0 Å². The number of carbonyl (C=O) groups is 1. The summed E-state index contributed by atoms with van der Waals surface area (Å²) in [5.41, 5.74) is 6.26. The highest BCUT2D eigenvalue weighted by Crippen LogP contribution is 2.27. The van der Waals surface area contributed by atoms with Gasteiger partial charge in [-0.15, -0.1) is 0 Å². The molecule has 0 bridgehead atoms. The van der Waals surface area contributed by atoms with Gasteiger partial charge in [0.15, 0.2) is 18.1 Å². The molecule has 8 heteroatoms. The Morgan fingerprint density at radius 1 is 1.35 bits per heavy atom. The summed E-state index contributed by atoms with van der Waals surface area (Å²) in [6, 6.07) is 4.84. The molecule has 0 atom stereocenters. The van der Waals surface area contributed by atoms with Gasteiger partial charge in [-0.05, 0) is 17.7 Å². The van der Waals surface area contributed by atoms with E-state index in [1.807, 2.05) is 0 Å². The van der Waals surface area contributed by atoms with E-state index in [1.54, 1.807) is 17.4 Å². The maximum absolute atomic E-state index is 11.9. The van der Waals surface area contributed by atoms with Crippen LogP contribution in [-0.4, -0.2) is 32.3 Å². The van der Waals surface area contributed by atoms with Gasteiger partial charge in [0, 0.05) is 6.54 Å². The van der Waals surface area contributed by atoms with E-state index in [0.717, 1.165) is 5.56 Å². The molecule has 0 aromatic heterocycles. The molecule has 0 aliphatic carbocycles. The molecule has 0 spiro atoms. The number of nitrogens with two attached hydrogens (primary N) is 1. The van der Waals surface area contributed by atoms with E-state index in [2.05, 4.69) is 0 Å². The summed E-state index contributed by atoms with van der Waals surface area (Å²) in [4.78, 5) is 11.2. The summed E-state index contributed by atoms with van der Waals surface area (Å²) in [6.07, 6.45) is -4.45. The average molecular weight is 292 g/mol. The highest BCUT2D eigenvalue weighted by molar-refractivity contribution is 5.77. The molecular weight excluding hydrogens is 277 g/mol. The fourth-order valence-corrected chi connectivity index (χ4v) is 1.35. The standard InChI is InChI=1S/C12H15F3N2O3/c1-19-10-4-8(5-16)2-3-9(10)20-6-11(18)17-7-12(13,14)15/h2-4H,5-7,16H2,1H3,(H,17,18). The number of nitrogens with one attached hydrogen (secondary N) is 1. The third-order valence-electron chi connectivity index (χ3n) is 2.31. The van der Waals surface area contributed by atoms with E-state index in [4.69, 9.17) is 15.2 Å². The lowest BCUT2D eigenvalue weighted by atomic mass is 10.2. The number of hydrogen-bond donors (Lipinski definition) is 2. The molecular formula is C12H15F3N2O3. The van der Waals surface area contributed by atoms with Crippen LogP contribution in [0.15, 0.2) is 18.2 Å². The van der Waals surface area contributed by atoms with E-state index in [9.17, 15) is 18.0 Å². The zero-order chi connectivity index (χ0) is 15.2. The first kappa shape index (κ1) is 16.1. The molecule has 1 aromatic rings. The van der Waals surface area contributed by atoms with Gasteiger partial charge in [-0.25, -0.2) is 0 Å². The molecule has 0 saturated carbocycles. The molecule has 0 aliphatic heterocycles. The number of alkyl halides is 3. The number of halogens is 3. The normalized spacial score (nSPS) is 11.1. The molecule has 1 rings (SSSR count). The van der Waals surface area contributed by atoms with Gasteiger partial charge in [0.2, 0.25) is 0 Å². The molecule has 112 valence electrons. The molecule has 0 unspecified atom stereocenters. The van der Waals surface area contributed by atoms with Gasteiger partial charge >= 0.3 is 6.18 Å². The Hall–Kier alpha value is -1.96. The highest BCUT2D eigenvalue weighted by Gasteiger charge is 2.27. The van der Waals surface area contributed by atoms with E-state index in [0.29, 0.717) is 12.3 Å². The summed E-state index contributed by atoms with van der Waals surface area (Å²) in [7, 11) is 1.41. The smallest absolute Gasteiger partial charge is 0.405 e. The van der Waals surface area contributed by atoms with E-state index in [1.165, 1.54) is 13.2 Å². The summed E-state index contributed by atoms with van der Waals surface area (Å²) in [5.74, 6) is -0.254. The van der Waals surface area contributed by atoms with Gasteiger partial charge < -0.3 is 20.5 Å². The lowest BCUT2D eigenvalue weighted by Crippen LogP contribution is -2.36. The highest BCUT2D eigenvalue weighted by atomic mass is 19.4. The quantitative estimate of drug-likeness (QED) is 0.826. The SMILES string of the molecule is COc1cc(CN)ccc1OCC(=O)NCC(F)(F)F. The first-order valence-electron chi connectivity index (χ1n) is 5.69. The predicted molar refractivity (Wildman–Crippen MR) is 65.4 cm³/mol. The van der Waals surface area contributed by atoms with Crippen LogP contribution >= 0.6 is 0 Å². The largest absolute Gasteiger partial charge is 0.493 e. The molecule has 0 heterocycles. The molecule has 0 fully saturated rings. The Morgan fingerprint density at radius 3 is 2.60 bits per heavy atom. The van der Waals surface area contributed by atoms with Crippen molar-refractivity contribution in [2.45, 2.75) is 12.7 Å². The fourth-order valence-electron chi connectivity index (χ4n) is 1.35. The Bertz CT molecular complexity index is 464. The van der Waals surface area contributed by atoms with Crippen LogP contribution in [0.25, 0.3) is 0 Å². The Labute approximate surface area is 113 Å². The van der Waals surface area contributed by atoms with Crippen LogP contribution in [0.2, 0.25) is 0 Å². The van der Waals surface area contributed by atoms with Gasteiger partial charge in [0.1, 0.15) is 6.54 Å². The molecule has 3 N–H and O–H groups in total. The maximum Gasteiger partial charge on any atom is 0.405 e. The second-order valence-corrected chi connectivity index (χ2v) is 3.87. The molecule has 0 saturated heterocycles. The minimum absolute atomic E-state index is 0.256. The fraction of sp³-hybridized carbons (Fsp3) is 0.417. The second-order valence-electron chi connectivity index (χ2n) is 3.87. The number of amides is 1. The van der Waals surface area contributed by atoms with Crippen LogP contribution in [0.5, 0.6) is 11.5 Å². The zero-order valence-electron chi connectivity index (χ0n) is 10.8. The lowest BCUT2D eigenvalue weighted by molar-refractivity contribution is -0.139. The van der Waals surface area contributed by atoms with Crippen molar-refractivity contribution >= 4 is 5.91 Å².